The van der Waals surface area contributed by atoms with E-state index in [1.54, 1.807) is 24.7 Å². The smallest absolute Gasteiger partial charge is 0.179 e. The highest BCUT2D eigenvalue weighted by atomic mass is 32.2. The molecule has 6 nitrogen and oxygen atoms in total. The molecule has 2 aromatic heterocycles. The SMILES string of the molecule is O=S1(=O)CCc2c1ccc1ncnc(NCc3ccoc3)c21. The lowest BCUT2D eigenvalue weighted by Crippen LogP contribution is -2.03. The summed E-state index contributed by atoms with van der Waals surface area (Å²) in [6, 6.07) is 5.25. The Bertz CT molecular complexity index is 950. The van der Waals surface area contributed by atoms with Crippen molar-refractivity contribution in [1.82, 2.24) is 9.97 Å². The maximum absolute atomic E-state index is 12.1. The van der Waals surface area contributed by atoms with Crippen molar-refractivity contribution in [3.05, 3.63) is 48.2 Å². The largest absolute Gasteiger partial charge is 0.472 e. The Kier molecular flexibility index (Phi) is 2.90. The van der Waals surface area contributed by atoms with E-state index in [1.165, 1.54) is 6.33 Å². The lowest BCUT2D eigenvalue weighted by molar-refractivity contribution is 0.564. The van der Waals surface area contributed by atoms with E-state index < -0.39 is 9.84 Å². The van der Waals surface area contributed by atoms with Crippen LogP contribution in [-0.4, -0.2) is 24.1 Å². The zero-order chi connectivity index (χ0) is 15.2. The van der Waals surface area contributed by atoms with Crippen LogP contribution < -0.4 is 5.32 Å². The topological polar surface area (TPSA) is 85.1 Å². The minimum Gasteiger partial charge on any atom is -0.472 e. The number of aromatic nitrogens is 2. The molecular formula is C15H13N3O3S. The molecular weight excluding hydrogens is 302 g/mol. The van der Waals surface area contributed by atoms with Crippen molar-refractivity contribution >= 4 is 26.6 Å². The van der Waals surface area contributed by atoms with Gasteiger partial charge in [0.2, 0.25) is 0 Å². The van der Waals surface area contributed by atoms with Gasteiger partial charge in [-0.15, -0.1) is 0 Å². The Labute approximate surface area is 127 Å². The summed E-state index contributed by atoms with van der Waals surface area (Å²) in [4.78, 5) is 8.94. The van der Waals surface area contributed by atoms with E-state index in [1.807, 2.05) is 6.07 Å². The Morgan fingerprint density at radius 3 is 2.95 bits per heavy atom. The highest BCUT2D eigenvalue weighted by Crippen LogP contribution is 2.34. The average Bonchev–Trinajstić information content (AvgIpc) is 3.13. The van der Waals surface area contributed by atoms with Crippen LogP contribution in [0.25, 0.3) is 10.9 Å². The molecule has 3 heterocycles. The van der Waals surface area contributed by atoms with Gasteiger partial charge in [0.25, 0.3) is 0 Å². The van der Waals surface area contributed by atoms with Crippen LogP contribution in [-0.2, 0) is 22.8 Å². The molecule has 4 rings (SSSR count). The summed E-state index contributed by atoms with van der Waals surface area (Å²) >= 11 is 0. The fourth-order valence-corrected chi connectivity index (χ4v) is 4.35. The maximum Gasteiger partial charge on any atom is 0.179 e. The fraction of sp³-hybridized carbons (Fsp3) is 0.200. The number of anilines is 1. The molecule has 1 aliphatic heterocycles. The Morgan fingerprint density at radius 2 is 2.14 bits per heavy atom. The van der Waals surface area contributed by atoms with Crippen LogP contribution in [0.4, 0.5) is 5.82 Å². The number of sulfone groups is 1. The number of nitrogens with zero attached hydrogens (tertiary/aromatic N) is 2. The third-order valence-corrected chi connectivity index (χ3v) is 5.66. The van der Waals surface area contributed by atoms with Crippen molar-refractivity contribution in [2.75, 3.05) is 11.1 Å². The molecule has 0 bridgehead atoms. The molecule has 1 N–H and O–H groups in total. The highest BCUT2D eigenvalue weighted by molar-refractivity contribution is 7.91. The van der Waals surface area contributed by atoms with Gasteiger partial charge in [0.15, 0.2) is 9.84 Å². The zero-order valence-corrected chi connectivity index (χ0v) is 12.4. The molecule has 0 radical (unpaired) electrons. The normalized spacial score (nSPS) is 15.8. The van der Waals surface area contributed by atoms with E-state index in [9.17, 15) is 8.42 Å². The number of benzene rings is 1. The Balaban J connectivity index is 1.83. The van der Waals surface area contributed by atoms with E-state index in [0.717, 1.165) is 22.0 Å². The van der Waals surface area contributed by atoms with Crippen LogP contribution in [0.1, 0.15) is 11.1 Å². The van der Waals surface area contributed by atoms with Crippen molar-refractivity contribution in [3.8, 4) is 0 Å². The van der Waals surface area contributed by atoms with Crippen molar-refractivity contribution in [1.29, 1.82) is 0 Å². The minimum absolute atomic E-state index is 0.150. The number of fused-ring (bicyclic) bond motifs is 3. The summed E-state index contributed by atoms with van der Waals surface area (Å²) in [5.74, 6) is 0.803. The molecule has 0 saturated carbocycles. The summed E-state index contributed by atoms with van der Waals surface area (Å²) < 4.78 is 29.2. The second-order valence-corrected chi connectivity index (χ2v) is 7.29. The molecule has 0 spiro atoms. The molecule has 0 amide bonds. The fourth-order valence-electron chi connectivity index (χ4n) is 2.80. The van der Waals surface area contributed by atoms with E-state index in [-0.39, 0.29) is 5.75 Å². The average molecular weight is 315 g/mol. The second-order valence-electron chi connectivity index (χ2n) is 5.21. The molecule has 0 unspecified atom stereocenters. The predicted molar refractivity (Wildman–Crippen MR) is 81.3 cm³/mol. The lowest BCUT2D eigenvalue weighted by Gasteiger charge is -2.10. The van der Waals surface area contributed by atoms with E-state index in [0.29, 0.717) is 23.7 Å². The maximum atomic E-state index is 12.1. The van der Waals surface area contributed by atoms with Crippen molar-refractivity contribution < 1.29 is 12.8 Å². The molecule has 22 heavy (non-hydrogen) atoms. The van der Waals surface area contributed by atoms with Crippen LogP contribution >= 0.6 is 0 Å². The third kappa shape index (κ3) is 2.05. The molecule has 7 heteroatoms. The molecule has 112 valence electrons. The van der Waals surface area contributed by atoms with Gasteiger partial charge in [0.1, 0.15) is 12.1 Å². The quantitative estimate of drug-likeness (QED) is 0.797. The second kappa shape index (κ2) is 4.81. The first-order valence-electron chi connectivity index (χ1n) is 6.89. The van der Waals surface area contributed by atoms with Crippen LogP contribution in [0, 0.1) is 0 Å². The van der Waals surface area contributed by atoms with Gasteiger partial charge in [-0.05, 0) is 30.2 Å². The summed E-state index contributed by atoms with van der Waals surface area (Å²) in [6.45, 7) is 0.555. The molecule has 0 aliphatic carbocycles. The molecule has 0 saturated heterocycles. The number of aryl methyl sites for hydroxylation is 1. The summed E-state index contributed by atoms with van der Waals surface area (Å²) in [7, 11) is -3.17. The number of furan rings is 1. The summed E-state index contributed by atoms with van der Waals surface area (Å²) in [5.41, 5.74) is 2.56. The molecule has 3 aromatic rings. The number of nitrogens with one attached hydrogen (secondary N) is 1. The van der Waals surface area contributed by atoms with Crippen LogP contribution in [0.3, 0.4) is 0 Å². The number of rotatable bonds is 3. The molecule has 1 aromatic carbocycles. The van der Waals surface area contributed by atoms with Gasteiger partial charge >= 0.3 is 0 Å². The van der Waals surface area contributed by atoms with Gasteiger partial charge in [0, 0.05) is 17.5 Å². The van der Waals surface area contributed by atoms with Gasteiger partial charge in [0.05, 0.1) is 28.7 Å². The van der Waals surface area contributed by atoms with Gasteiger partial charge < -0.3 is 9.73 Å². The molecule has 1 aliphatic rings. The van der Waals surface area contributed by atoms with Gasteiger partial charge in [-0.25, -0.2) is 18.4 Å². The van der Waals surface area contributed by atoms with Crippen LogP contribution in [0.5, 0.6) is 0 Å². The summed E-state index contributed by atoms with van der Waals surface area (Å²) in [5, 5.41) is 4.04. The van der Waals surface area contributed by atoms with Crippen LogP contribution in [0.2, 0.25) is 0 Å². The minimum atomic E-state index is -3.17. The van der Waals surface area contributed by atoms with E-state index >= 15 is 0 Å². The van der Waals surface area contributed by atoms with Crippen molar-refractivity contribution in [2.24, 2.45) is 0 Å². The third-order valence-electron chi connectivity index (χ3n) is 3.86. The predicted octanol–water partition coefficient (Wildman–Crippen LogP) is 2.16. The summed E-state index contributed by atoms with van der Waals surface area (Å²) in [6.07, 6.45) is 5.25. The Morgan fingerprint density at radius 1 is 1.23 bits per heavy atom. The van der Waals surface area contributed by atoms with E-state index in [4.69, 9.17) is 4.42 Å². The first kappa shape index (κ1) is 13.3. The first-order valence-corrected chi connectivity index (χ1v) is 8.55. The van der Waals surface area contributed by atoms with Crippen molar-refractivity contribution in [3.63, 3.8) is 0 Å². The van der Waals surface area contributed by atoms with E-state index in [2.05, 4.69) is 15.3 Å². The van der Waals surface area contributed by atoms with Gasteiger partial charge in [-0.2, -0.15) is 0 Å². The standard InChI is InChI=1S/C15H13N3O3S/c19-22(20)6-4-11-13(22)2-1-12-14(11)15(18-9-17-12)16-7-10-3-5-21-8-10/h1-3,5,8-9H,4,6-7H2,(H,16,17,18). The monoisotopic (exact) mass is 315 g/mol. The lowest BCUT2D eigenvalue weighted by atomic mass is 10.1. The number of hydrogen-bond acceptors (Lipinski definition) is 6. The number of hydrogen-bond donors (Lipinski definition) is 1. The first-order chi connectivity index (χ1) is 10.6. The highest BCUT2D eigenvalue weighted by Gasteiger charge is 2.29. The van der Waals surface area contributed by atoms with Crippen molar-refractivity contribution in [2.45, 2.75) is 17.9 Å². The Hall–Kier alpha value is -2.41. The van der Waals surface area contributed by atoms with Gasteiger partial charge in [-0.3, -0.25) is 0 Å². The molecule has 0 fully saturated rings. The van der Waals surface area contributed by atoms with Crippen LogP contribution in [0.15, 0.2) is 46.4 Å². The van der Waals surface area contributed by atoms with Gasteiger partial charge in [-0.1, -0.05) is 0 Å². The molecule has 0 atom stereocenters. The zero-order valence-electron chi connectivity index (χ0n) is 11.6.